The van der Waals surface area contributed by atoms with Crippen LogP contribution < -0.4 is 0 Å². The van der Waals surface area contributed by atoms with Crippen molar-refractivity contribution in [1.29, 1.82) is 5.26 Å². The summed E-state index contributed by atoms with van der Waals surface area (Å²) in [5, 5.41) is 13.4. The van der Waals surface area contributed by atoms with Crippen LogP contribution >= 0.6 is 0 Å². The fourth-order valence-electron chi connectivity index (χ4n) is 2.01. The van der Waals surface area contributed by atoms with E-state index in [0.717, 1.165) is 18.5 Å². The Morgan fingerprint density at radius 2 is 2.35 bits per heavy atom. The fourth-order valence-corrected chi connectivity index (χ4v) is 2.01. The number of rotatable bonds is 4. The number of ether oxygens (including phenoxy) is 1. The Morgan fingerprint density at radius 1 is 1.65 bits per heavy atom. The smallest absolute Gasteiger partial charge is 0.341 e. The molecule has 1 heterocycles. The highest BCUT2D eigenvalue weighted by molar-refractivity contribution is 5.91. The predicted molar refractivity (Wildman–Crippen MR) is 60.4 cm³/mol. The van der Waals surface area contributed by atoms with E-state index in [1.54, 1.807) is 11.6 Å². The molecule has 1 fully saturated rings. The summed E-state index contributed by atoms with van der Waals surface area (Å²) in [6, 6.07) is 2.30. The molecule has 0 spiro atoms. The number of esters is 1. The number of nitrogens with zero attached hydrogens (tertiary/aromatic N) is 3. The van der Waals surface area contributed by atoms with Crippen molar-refractivity contribution >= 4 is 5.97 Å². The molecule has 1 aliphatic rings. The van der Waals surface area contributed by atoms with Gasteiger partial charge in [-0.1, -0.05) is 0 Å². The van der Waals surface area contributed by atoms with E-state index in [1.165, 1.54) is 6.20 Å². The molecule has 5 nitrogen and oxygen atoms in total. The maximum atomic E-state index is 11.8. The third-order valence-corrected chi connectivity index (χ3v) is 3.05. The van der Waals surface area contributed by atoms with Gasteiger partial charge in [0.15, 0.2) is 0 Å². The van der Waals surface area contributed by atoms with Crippen LogP contribution in [0.15, 0.2) is 6.20 Å². The number of nitriles is 1. The lowest BCUT2D eigenvalue weighted by molar-refractivity contribution is 0.0524. The molecule has 5 heteroatoms. The van der Waals surface area contributed by atoms with Crippen LogP contribution in [0, 0.1) is 11.3 Å². The van der Waals surface area contributed by atoms with Crippen molar-refractivity contribution in [2.24, 2.45) is 0 Å². The molecule has 1 aromatic rings. The highest BCUT2D eigenvalue weighted by atomic mass is 16.5. The largest absolute Gasteiger partial charge is 0.462 e. The second kappa shape index (κ2) is 4.21. The lowest BCUT2D eigenvalue weighted by Crippen LogP contribution is -2.17. The Labute approximate surface area is 100.0 Å². The van der Waals surface area contributed by atoms with Gasteiger partial charge in [-0.3, -0.25) is 4.68 Å². The van der Waals surface area contributed by atoms with Crippen LogP contribution in [0.3, 0.4) is 0 Å². The summed E-state index contributed by atoms with van der Waals surface area (Å²) >= 11 is 0. The van der Waals surface area contributed by atoms with E-state index < -0.39 is 5.41 Å². The predicted octanol–water partition coefficient (Wildman–Crippen LogP) is 1.63. The van der Waals surface area contributed by atoms with Gasteiger partial charge in [-0.05, 0) is 26.7 Å². The summed E-state index contributed by atoms with van der Waals surface area (Å²) in [6.07, 6.45) is 3.09. The lowest BCUT2D eigenvalue weighted by Gasteiger charge is -2.11. The number of aromatic nitrogens is 2. The van der Waals surface area contributed by atoms with Crippen LogP contribution in [0.5, 0.6) is 0 Å². The zero-order valence-corrected chi connectivity index (χ0v) is 10.1. The summed E-state index contributed by atoms with van der Waals surface area (Å²) in [5.74, 6) is -0.385. The van der Waals surface area contributed by atoms with Crippen LogP contribution in [0.25, 0.3) is 0 Å². The van der Waals surface area contributed by atoms with Crippen molar-refractivity contribution in [1.82, 2.24) is 9.78 Å². The third kappa shape index (κ3) is 1.80. The van der Waals surface area contributed by atoms with E-state index >= 15 is 0 Å². The Morgan fingerprint density at radius 3 is 2.82 bits per heavy atom. The Bertz CT molecular complexity index is 480. The molecule has 1 saturated carbocycles. The van der Waals surface area contributed by atoms with Crippen LogP contribution in [0.2, 0.25) is 0 Å². The SMILES string of the molecule is CCOC(=O)c1cnn(CC)c1C1(C#N)CC1. The average Bonchev–Trinajstić information content (AvgIpc) is 3.01. The first-order chi connectivity index (χ1) is 8.18. The van der Waals surface area contributed by atoms with E-state index in [4.69, 9.17) is 4.74 Å². The molecule has 0 saturated heterocycles. The van der Waals surface area contributed by atoms with E-state index in [1.807, 2.05) is 6.92 Å². The van der Waals surface area contributed by atoms with Crippen molar-refractivity contribution in [2.45, 2.75) is 38.6 Å². The lowest BCUT2D eigenvalue weighted by atomic mass is 10.0. The van der Waals surface area contributed by atoms with Crippen molar-refractivity contribution in [3.05, 3.63) is 17.5 Å². The summed E-state index contributed by atoms with van der Waals surface area (Å²) in [7, 11) is 0. The molecule has 0 unspecified atom stereocenters. The maximum absolute atomic E-state index is 11.8. The minimum absolute atomic E-state index is 0.329. The van der Waals surface area contributed by atoms with Gasteiger partial charge >= 0.3 is 5.97 Å². The van der Waals surface area contributed by atoms with E-state index in [0.29, 0.717) is 18.7 Å². The first-order valence-corrected chi connectivity index (χ1v) is 5.83. The summed E-state index contributed by atoms with van der Waals surface area (Å²) in [4.78, 5) is 11.8. The van der Waals surface area contributed by atoms with Gasteiger partial charge in [0.25, 0.3) is 0 Å². The van der Waals surface area contributed by atoms with Gasteiger partial charge in [0.05, 0.1) is 30.0 Å². The third-order valence-electron chi connectivity index (χ3n) is 3.05. The van der Waals surface area contributed by atoms with Crippen molar-refractivity contribution in [3.63, 3.8) is 0 Å². The average molecular weight is 233 g/mol. The standard InChI is InChI=1S/C12H15N3O2/c1-3-15-10(12(8-13)5-6-12)9(7-14-15)11(16)17-4-2/h7H,3-6H2,1-2H3. The van der Waals surface area contributed by atoms with Gasteiger partial charge < -0.3 is 4.74 Å². The number of hydrogen-bond acceptors (Lipinski definition) is 4. The zero-order chi connectivity index (χ0) is 12.5. The molecule has 1 aromatic heterocycles. The van der Waals surface area contributed by atoms with Gasteiger partial charge in [0, 0.05) is 6.54 Å². The molecule has 0 aromatic carbocycles. The van der Waals surface area contributed by atoms with Crippen LogP contribution in [0.4, 0.5) is 0 Å². The molecule has 2 rings (SSSR count). The molecule has 0 aliphatic heterocycles. The van der Waals surface area contributed by atoms with Crippen molar-refractivity contribution < 1.29 is 9.53 Å². The number of aryl methyl sites for hydroxylation is 1. The minimum Gasteiger partial charge on any atom is -0.462 e. The Hall–Kier alpha value is -1.83. The molecule has 0 N–H and O–H groups in total. The van der Waals surface area contributed by atoms with Crippen molar-refractivity contribution in [2.75, 3.05) is 6.61 Å². The van der Waals surface area contributed by atoms with E-state index in [-0.39, 0.29) is 5.97 Å². The van der Waals surface area contributed by atoms with Gasteiger partial charge in [0.2, 0.25) is 0 Å². The Kier molecular flexibility index (Phi) is 2.88. The van der Waals surface area contributed by atoms with Crippen LogP contribution in [-0.4, -0.2) is 22.4 Å². The minimum atomic E-state index is -0.519. The van der Waals surface area contributed by atoms with Crippen molar-refractivity contribution in [3.8, 4) is 6.07 Å². The summed E-state index contributed by atoms with van der Waals surface area (Å²) in [5.41, 5.74) is 0.642. The van der Waals surface area contributed by atoms with Crippen LogP contribution in [-0.2, 0) is 16.7 Å². The second-order valence-corrected chi connectivity index (χ2v) is 4.14. The van der Waals surface area contributed by atoms with Gasteiger partial charge in [0.1, 0.15) is 5.56 Å². The van der Waals surface area contributed by atoms with Gasteiger partial charge in [-0.2, -0.15) is 10.4 Å². The number of carbonyl (C=O) groups is 1. The number of carbonyl (C=O) groups excluding carboxylic acids is 1. The first kappa shape index (κ1) is 11.6. The topological polar surface area (TPSA) is 67.9 Å². The van der Waals surface area contributed by atoms with Crippen LogP contribution in [0.1, 0.15) is 42.7 Å². The summed E-state index contributed by atoms with van der Waals surface area (Å²) in [6.45, 7) is 4.69. The molecule has 0 amide bonds. The van der Waals surface area contributed by atoms with E-state index in [2.05, 4.69) is 11.2 Å². The monoisotopic (exact) mass is 233 g/mol. The molecule has 0 atom stereocenters. The van der Waals surface area contributed by atoms with Gasteiger partial charge in [-0.25, -0.2) is 4.79 Å². The number of hydrogen-bond donors (Lipinski definition) is 0. The van der Waals surface area contributed by atoms with E-state index in [9.17, 15) is 10.1 Å². The highest BCUT2D eigenvalue weighted by Crippen LogP contribution is 2.48. The molecule has 0 bridgehead atoms. The molecule has 1 aliphatic carbocycles. The fraction of sp³-hybridized carbons (Fsp3) is 0.583. The maximum Gasteiger partial charge on any atom is 0.341 e. The molecular formula is C12H15N3O2. The summed E-state index contributed by atoms with van der Waals surface area (Å²) < 4.78 is 6.72. The molecule has 90 valence electrons. The van der Waals surface area contributed by atoms with Gasteiger partial charge in [-0.15, -0.1) is 0 Å². The zero-order valence-electron chi connectivity index (χ0n) is 10.1. The quantitative estimate of drug-likeness (QED) is 0.741. The molecule has 0 radical (unpaired) electrons. The highest BCUT2D eigenvalue weighted by Gasteiger charge is 2.50. The normalized spacial score (nSPS) is 16.3. The molecular weight excluding hydrogens is 218 g/mol. The molecule has 17 heavy (non-hydrogen) atoms. The second-order valence-electron chi connectivity index (χ2n) is 4.14. The Balaban J connectivity index is 2.44. The first-order valence-electron chi connectivity index (χ1n) is 5.83.